The Balaban J connectivity index is 2.62. The standard InChI is InChI=1S/C10H8BrN3O2/c1-16-10(15)7-3-2-4-8(11)9(7)14-6-12-5-13-14/h2-6H,1H3. The fourth-order valence-corrected chi connectivity index (χ4v) is 1.89. The average molecular weight is 282 g/mol. The Morgan fingerprint density at radius 1 is 1.50 bits per heavy atom. The zero-order valence-electron chi connectivity index (χ0n) is 8.42. The highest BCUT2D eigenvalue weighted by molar-refractivity contribution is 9.10. The normalized spacial score (nSPS) is 10.1. The molecule has 0 aliphatic carbocycles. The van der Waals surface area contributed by atoms with Gasteiger partial charge < -0.3 is 4.74 Å². The van der Waals surface area contributed by atoms with Gasteiger partial charge in [-0.2, -0.15) is 5.10 Å². The lowest BCUT2D eigenvalue weighted by Gasteiger charge is -2.08. The van der Waals surface area contributed by atoms with Crippen LogP contribution in [0.25, 0.3) is 5.69 Å². The van der Waals surface area contributed by atoms with E-state index in [4.69, 9.17) is 4.74 Å². The molecule has 16 heavy (non-hydrogen) atoms. The lowest BCUT2D eigenvalue weighted by Crippen LogP contribution is -2.08. The minimum Gasteiger partial charge on any atom is -0.465 e. The van der Waals surface area contributed by atoms with Crippen molar-refractivity contribution in [2.75, 3.05) is 7.11 Å². The Kier molecular flexibility index (Phi) is 3.00. The molecule has 0 aliphatic heterocycles. The van der Waals surface area contributed by atoms with Gasteiger partial charge in [-0.05, 0) is 28.1 Å². The van der Waals surface area contributed by atoms with E-state index in [1.807, 2.05) is 6.07 Å². The quantitative estimate of drug-likeness (QED) is 0.788. The zero-order chi connectivity index (χ0) is 11.5. The van der Waals surface area contributed by atoms with Gasteiger partial charge in [-0.1, -0.05) is 6.07 Å². The van der Waals surface area contributed by atoms with Crippen molar-refractivity contribution < 1.29 is 9.53 Å². The van der Waals surface area contributed by atoms with Crippen molar-refractivity contribution in [3.63, 3.8) is 0 Å². The molecule has 0 fully saturated rings. The number of hydrogen-bond acceptors (Lipinski definition) is 4. The third-order valence-electron chi connectivity index (χ3n) is 2.04. The summed E-state index contributed by atoms with van der Waals surface area (Å²) in [6, 6.07) is 5.26. The largest absolute Gasteiger partial charge is 0.465 e. The summed E-state index contributed by atoms with van der Waals surface area (Å²) in [4.78, 5) is 15.4. The van der Waals surface area contributed by atoms with Crippen molar-refractivity contribution in [3.05, 3.63) is 40.9 Å². The van der Waals surface area contributed by atoms with E-state index in [0.717, 1.165) is 4.47 Å². The third kappa shape index (κ3) is 1.83. The second kappa shape index (κ2) is 4.44. The van der Waals surface area contributed by atoms with Gasteiger partial charge in [0.1, 0.15) is 12.7 Å². The topological polar surface area (TPSA) is 57.0 Å². The van der Waals surface area contributed by atoms with Gasteiger partial charge in [0.25, 0.3) is 0 Å². The molecule has 0 amide bonds. The highest BCUT2D eigenvalue weighted by atomic mass is 79.9. The van der Waals surface area contributed by atoms with Crippen molar-refractivity contribution in [1.82, 2.24) is 14.8 Å². The number of benzene rings is 1. The first kappa shape index (κ1) is 10.8. The maximum atomic E-state index is 11.6. The van der Waals surface area contributed by atoms with Crippen LogP contribution in [-0.2, 0) is 4.74 Å². The van der Waals surface area contributed by atoms with Crippen LogP contribution < -0.4 is 0 Å². The van der Waals surface area contributed by atoms with Gasteiger partial charge in [-0.25, -0.2) is 14.5 Å². The van der Waals surface area contributed by atoms with Crippen LogP contribution in [0.2, 0.25) is 0 Å². The van der Waals surface area contributed by atoms with Gasteiger partial charge in [0, 0.05) is 4.47 Å². The minimum absolute atomic E-state index is 0.410. The van der Waals surface area contributed by atoms with Crippen LogP contribution in [0.3, 0.4) is 0 Å². The van der Waals surface area contributed by atoms with Crippen molar-refractivity contribution in [3.8, 4) is 5.69 Å². The Morgan fingerprint density at radius 3 is 2.94 bits per heavy atom. The maximum Gasteiger partial charge on any atom is 0.340 e. The first-order valence-electron chi connectivity index (χ1n) is 4.46. The number of aromatic nitrogens is 3. The molecular formula is C10H8BrN3O2. The van der Waals surface area contributed by atoms with E-state index in [9.17, 15) is 4.79 Å². The maximum absolute atomic E-state index is 11.6. The summed E-state index contributed by atoms with van der Waals surface area (Å²) < 4.78 is 6.97. The van der Waals surface area contributed by atoms with Crippen LogP contribution >= 0.6 is 15.9 Å². The van der Waals surface area contributed by atoms with Gasteiger partial charge in [0.15, 0.2) is 0 Å². The summed E-state index contributed by atoms with van der Waals surface area (Å²) in [5.41, 5.74) is 1.05. The molecule has 0 saturated heterocycles. The number of para-hydroxylation sites is 1. The molecule has 0 bridgehead atoms. The van der Waals surface area contributed by atoms with Crippen LogP contribution in [0.5, 0.6) is 0 Å². The van der Waals surface area contributed by atoms with Crippen LogP contribution in [0.15, 0.2) is 35.3 Å². The summed E-state index contributed by atoms with van der Waals surface area (Å²) in [5, 5.41) is 3.99. The van der Waals surface area contributed by atoms with E-state index >= 15 is 0 Å². The van der Waals surface area contributed by atoms with E-state index < -0.39 is 5.97 Å². The molecule has 1 aromatic heterocycles. The Hall–Kier alpha value is -1.69. The number of rotatable bonds is 2. The number of hydrogen-bond donors (Lipinski definition) is 0. The van der Waals surface area contributed by atoms with E-state index in [1.54, 1.807) is 12.1 Å². The molecular weight excluding hydrogens is 274 g/mol. The van der Waals surface area contributed by atoms with Gasteiger partial charge in [-0.15, -0.1) is 0 Å². The number of esters is 1. The number of halogens is 1. The third-order valence-corrected chi connectivity index (χ3v) is 2.68. The molecule has 0 atom stereocenters. The fraction of sp³-hybridized carbons (Fsp3) is 0.100. The zero-order valence-corrected chi connectivity index (χ0v) is 10.0. The van der Waals surface area contributed by atoms with Gasteiger partial charge >= 0.3 is 5.97 Å². The van der Waals surface area contributed by atoms with Crippen molar-refractivity contribution in [2.45, 2.75) is 0 Å². The smallest absolute Gasteiger partial charge is 0.340 e. The number of carbonyl (C=O) groups excluding carboxylic acids is 1. The van der Waals surface area contributed by atoms with E-state index in [2.05, 4.69) is 26.0 Å². The monoisotopic (exact) mass is 281 g/mol. The molecule has 0 radical (unpaired) electrons. The Morgan fingerprint density at radius 2 is 2.31 bits per heavy atom. The minimum atomic E-state index is -0.410. The summed E-state index contributed by atoms with van der Waals surface area (Å²) in [5.74, 6) is -0.410. The lowest BCUT2D eigenvalue weighted by molar-refractivity contribution is 0.0600. The van der Waals surface area contributed by atoms with Crippen LogP contribution in [-0.4, -0.2) is 27.8 Å². The summed E-state index contributed by atoms with van der Waals surface area (Å²) >= 11 is 3.37. The first-order valence-corrected chi connectivity index (χ1v) is 5.25. The molecule has 1 heterocycles. The van der Waals surface area contributed by atoms with E-state index in [-0.39, 0.29) is 0 Å². The summed E-state index contributed by atoms with van der Waals surface area (Å²) in [6.45, 7) is 0. The van der Waals surface area contributed by atoms with Gasteiger partial charge in [0.2, 0.25) is 0 Å². The molecule has 6 heteroatoms. The molecule has 0 saturated carbocycles. The molecule has 0 N–H and O–H groups in total. The van der Waals surface area contributed by atoms with E-state index in [1.165, 1.54) is 24.4 Å². The molecule has 2 rings (SSSR count). The van der Waals surface area contributed by atoms with Crippen LogP contribution in [0, 0.1) is 0 Å². The predicted molar refractivity (Wildman–Crippen MR) is 60.4 cm³/mol. The average Bonchev–Trinajstić information content (AvgIpc) is 2.81. The highest BCUT2D eigenvalue weighted by Crippen LogP contribution is 2.24. The van der Waals surface area contributed by atoms with Gasteiger partial charge in [-0.3, -0.25) is 0 Å². The van der Waals surface area contributed by atoms with E-state index in [0.29, 0.717) is 11.3 Å². The molecule has 0 aliphatic rings. The second-order valence-corrected chi connectivity index (χ2v) is 3.82. The lowest BCUT2D eigenvalue weighted by atomic mass is 10.2. The highest BCUT2D eigenvalue weighted by Gasteiger charge is 2.16. The number of ether oxygens (including phenoxy) is 1. The molecule has 2 aromatic rings. The number of methoxy groups -OCH3 is 1. The molecule has 82 valence electrons. The molecule has 0 spiro atoms. The van der Waals surface area contributed by atoms with Crippen molar-refractivity contribution >= 4 is 21.9 Å². The molecule has 5 nitrogen and oxygen atoms in total. The Bertz CT molecular complexity index is 511. The van der Waals surface area contributed by atoms with Gasteiger partial charge in [0.05, 0.1) is 18.4 Å². The summed E-state index contributed by atoms with van der Waals surface area (Å²) in [7, 11) is 1.34. The number of carbonyl (C=O) groups is 1. The summed E-state index contributed by atoms with van der Waals surface area (Å²) in [6.07, 6.45) is 2.92. The van der Waals surface area contributed by atoms with Crippen molar-refractivity contribution in [2.24, 2.45) is 0 Å². The number of nitrogens with zero attached hydrogens (tertiary/aromatic N) is 3. The first-order chi connectivity index (χ1) is 7.74. The second-order valence-electron chi connectivity index (χ2n) is 2.97. The fourth-order valence-electron chi connectivity index (χ4n) is 1.35. The van der Waals surface area contributed by atoms with Crippen LogP contribution in [0.4, 0.5) is 0 Å². The van der Waals surface area contributed by atoms with Crippen LogP contribution in [0.1, 0.15) is 10.4 Å². The Labute approximate surface area is 100 Å². The molecule has 0 unspecified atom stereocenters. The molecule has 1 aromatic carbocycles. The van der Waals surface area contributed by atoms with Crippen molar-refractivity contribution in [1.29, 1.82) is 0 Å². The SMILES string of the molecule is COC(=O)c1cccc(Br)c1-n1cncn1. The predicted octanol–water partition coefficient (Wildman–Crippen LogP) is 1.82.